The van der Waals surface area contributed by atoms with Gasteiger partial charge in [0.2, 0.25) is 0 Å². The maximum atomic E-state index is 14.1. The lowest BCUT2D eigenvalue weighted by molar-refractivity contribution is 0.411. The zero-order chi connectivity index (χ0) is 21.7. The summed E-state index contributed by atoms with van der Waals surface area (Å²) in [6.07, 6.45) is 5.26. The Kier molecular flexibility index (Phi) is 4.00. The molecule has 6 rings (SSSR count). The van der Waals surface area contributed by atoms with E-state index in [1.807, 2.05) is 30.5 Å². The van der Waals surface area contributed by atoms with Crippen LogP contribution in [-0.4, -0.2) is 42.5 Å². The smallest absolute Gasteiger partial charge is 0.178 e. The molecule has 0 radical (unpaired) electrons. The van der Waals surface area contributed by atoms with Gasteiger partial charge in [0.05, 0.1) is 24.3 Å². The first kappa shape index (κ1) is 18.3. The maximum absolute atomic E-state index is 14.1. The van der Waals surface area contributed by atoms with Gasteiger partial charge in [-0.05, 0) is 41.5 Å². The molecule has 4 heterocycles. The second-order valence-electron chi connectivity index (χ2n) is 7.34. The summed E-state index contributed by atoms with van der Waals surface area (Å²) in [5.74, 6) is 0.628. The molecule has 0 spiro atoms. The predicted molar refractivity (Wildman–Crippen MR) is 119 cm³/mol. The molecule has 0 saturated heterocycles. The first-order chi connectivity index (χ1) is 15.7. The monoisotopic (exact) mass is 425 g/mol. The van der Waals surface area contributed by atoms with Crippen molar-refractivity contribution in [3.8, 4) is 39.5 Å². The van der Waals surface area contributed by atoms with Gasteiger partial charge in [0.25, 0.3) is 0 Å². The summed E-state index contributed by atoms with van der Waals surface area (Å²) in [4.78, 5) is 12.4. The van der Waals surface area contributed by atoms with Crippen molar-refractivity contribution in [3.63, 3.8) is 0 Å². The Hall–Kier alpha value is -4.53. The minimum absolute atomic E-state index is 0.380. The quantitative estimate of drug-likeness (QED) is 0.379. The van der Waals surface area contributed by atoms with Gasteiger partial charge in [-0.1, -0.05) is 6.07 Å². The van der Waals surface area contributed by atoms with Gasteiger partial charge in [-0.3, -0.25) is 10.2 Å². The van der Waals surface area contributed by atoms with E-state index in [0.29, 0.717) is 34.0 Å². The van der Waals surface area contributed by atoms with Gasteiger partial charge in [0.15, 0.2) is 11.5 Å². The lowest BCUT2D eigenvalue weighted by Gasteiger charge is -2.06. The standard InChI is InChI=1S/C23H16FN7O/c1-32-16-7-13(6-15(24)9-16)17-4-5-25-22-20(17)28-23(29-22)21-18-8-12(14-10-26-27-11-14)2-3-19(18)30-31-21/h2-11H,1H3,(H,26,27)(H,30,31)(H,25,28,29). The van der Waals surface area contributed by atoms with Crippen LogP contribution in [0.15, 0.2) is 61.1 Å². The molecule has 4 aromatic heterocycles. The Morgan fingerprint density at radius 3 is 2.78 bits per heavy atom. The number of H-pyrrole nitrogens is 3. The predicted octanol–water partition coefficient (Wildman–Crippen LogP) is 4.71. The molecular formula is C23H16FN7O. The minimum Gasteiger partial charge on any atom is -0.497 e. The van der Waals surface area contributed by atoms with Crippen LogP contribution in [0.4, 0.5) is 4.39 Å². The summed E-state index contributed by atoms with van der Waals surface area (Å²) >= 11 is 0. The number of rotatable bonds is 4. The van der Waals surface area contributed by atoms with Crippen molar-refractivity contribution in [2.45, 2.75) is 0 Å². The van der Waals surface area contributed by atoms with Gasteiger partial charge in [-0.25, -0.2) is 14.4 Å². The van der Waals surface area contributed by atoms with Crippen molar-refractivity contribution < 1.29 is 9.13 Å². The highest BCUT2D eigenvalue weighted by Crippen LogP contribution is 2.33. The zero-order valence-electron chi connectivity index (χ0n) is 16.8. The van der Waals surface area contributed by atoms with Crippen LogP contribution in [0.5, 0.6) is 5.75 Å². The normalized spacial score (nSPS) is 11.4. The Morgan fingerprint density at radius 2 is 1.94 bits per heavy atom. The van der Waals surface area contributed by atoms with E-state index in [-0.39, 0.29) is 5.82 Å². The average Bonchev–Trinajstić information content (AvgIpc) is 3.56. The molecule has 2 aromatic carbocycles. The molecule has 32 heavy (non-hydrogen) atoms. The van der Waals surface area contributed by atoms with Gasteiger partial charge in [-0.2, -0.15) is 10.2 Å². The first-order valence-electron chi connectivity index (χ1n) is 9.87. The van der Waals surface area contributed by atoms with Crippen molar-refractivity contribution in [3.05, 3.63) is 66.9 Å². The Morgan fingerprint density at radius 1 is 1.00 bits per heavy atom. The fourth-order valence-electron chi connectivity index (χ4n) is 3.88. The second-order valence-corrected chi connectivity index (χ2v) is 7.34. The van der Waals surface area contributed by atoms with Crippen molar-refractivity contribution in [2.75, 3.05) is 7.11 Å². The number of aromatic nitrogens is 7. The minimum atomic E-state index is -0.380. The van der Waals surface area contributed by atoms with Crippen LogP contribution >= 0.6 is 0 Å². The number of aromatic amines is 3. The zero-order valence-corrected chi connectivity index (χ0v) is 16.8. The number of ether oxygens (including phenoxy) is 1. The van der Waals surface area contributed by atoms with Crippen LogP contribution in [0.3, 0.4) is 0 Å². The summed E-state index contributed by atoms with van der Waals surface area (Å²) in [7, 11) is 1.51. The number of fused-ring (bicyclic) bond motifs is 2. The molecule has 3 N–H and O–H groups in total. The Bertz CT molecular complexity index is 1580. The number of benzene rings is 2. The van der Waals surface area contributed by atoms with Gasteiger partial charge in [0.1, 0.15) is 17.3 Å². The molecule has 0 aliphatic heterocycles. The Balaban J connectivity index is 1.51. The van der Waals surface area contributed by atoms with Crippen LogP contribution in [-0.2, 0) is 0 Å². The molecule has 0 atom stereocenters. The van der Waals surface area contributed by atoms with Gasteiger partial charge < -0.3 is 9.72 Å². The molecule has 6 aromatic rings. The molecule has 0 fully saturated rings. The van der Waals surface area contributed by atoms with Gasteiger partial charge in [-0.15, -0.1) is 0 Å². The molecule has 0 aliphatic carbocycles. The summed E-state index contributed by atoms with van der Waals surface area (Å²) < 4.78 is 19.3. The highest BCUT2D eigenvalue weighted by atomic mass is 19.1. The van der Waals surface area contributed by atoms with E-state index < -0.39 is 0 Å². The number of pyridine rings is 1. The molecular weight excluding hydrogens is 409 g/mol. The average molecular weight is 425 g/mol. The van der Waals surface area contributed by atoms with Crippen LogP contribution in [0.1, 0.15) is 0 Å². The topological polar surface area (TPSA) is 108 Å². The fraction of sp³-hybridized carbons (Fsp3) is 0.0435. The highest BCUT2D eigenvalue weighted by molar-refractivity contribution is 5.97. The third-order valence-corrected chi connectivity index (χ3v) is 5.43. The Labute approximate surface area is 180 Å². The van der Waals surface area contributed by atoms with Crippen LogP contribution in [0.25, 0.3) is 55.8 Å². The number of imidazole rings is 1. The molecule has 8 nitrogen and oxygen atoms in total. The molecule has 9 heteroatoms. The van der Waals surface area contributed by atoms with Crippen molar-refractivity contribution >= 4 is 22.1 Å². The summed E-state index contributed by atoms with van der Waals surface area (Å²) in [5.41, 5.74) is 6.19. The third-order valence-electron chi connectivity index (χ3n) is 5.43. The van der Waals surface area contributed by atoms with E-state index >= 15 is 0 Å². The largest absolute Gasteiger partial charge is 0.497 e. The fourth-order valence-corrected chi connectivity index (χ4v) is 3.88. The molecule has 0 bridgehead atoms. The number of hydrogen-bond donors (Lipinski definition) is 3. The van der Waals surface area contributed by atoms with E-state index in [1.54, 1.807) is 18.5 Å². The molecule has 0 aliphatic rings. The first-order valence-corrected chi connectivity index (χ1v) is 9.87. The van der Waals surface area contributed by atoms with Crippen LogP contribution in [0, 0.1) is 5.82 Å². The number of hydrogen-bond acceptors (Lipinski definition) is 5. The SMILES string of the molecule is COc1cc(F)cc(-c2ccnc3nc(-c4n[nH]c5ccc(-c6cn[nH]c6)cc45)[nH]c23)c1. The van der Waals surface area contributed by atoms with Crippen LogP contribution in [0.2, 0.25) is 0 Å². The third kappa shape index (κ3) is 2.90. The van der Waals surface area contributed by atoms with Gasteiger partial charge >= 0.3 is 0 Å². The summed E-state index contributed by atoms with van der Waals surface area (Å²) in [5, 5.41) is 15.3. The molecule has 0 unspecified atom stereocenters. The van der Waals surface area contributed by atoms with E-state index in [9.17, 15) is 4.39 Å². The second kappa shape index (κ2) is 7.02. The van der Waals surface area contributed by atoms with E-state index in [4.69, 9.17) is 4.74 Å². The highest BCUT2D eigenvalue weighted by Gasteiger charge is 2.17. The molecule has 0 amide bonds. The van der Waals surface area contributed by atoms with Crippen molar-refractivity contribution in [1.29, 1.82) is 0 Å². The van der Waals surface area contributed by atoms with E-state index in [0.717, 1.165) is 27.6 Å². The van der Waals surface area contributed by atoms with E-state index in [1.165, 1.54) is 19.2 Å². The molecule has 0 saturated carbocycles. The number of nitrogens with zero attached hydrogens (tertiary/aromatic N) is 4. The lowest BCUT2D eigenvalue weighted by Crippen LogP contribution is -1.88. The number of halogens is 1. The van der Waals surface area contributed by atoms with Crippen LogP contribution < -0.4 is 4.74 Å². The molecule has 156 valence electrons. The number of nitrogens with one attached hydrogen (secondary N) is 3. The summed E-state index contributed by atoms with van der Waals surface area (Å²) in [6.45, 7) is 0. The maximum Gasteiger partial charge on any atom is 0.178 e. The van der Waals surface area contributed by atoms with Crippen molar-refractivity contribution in [2.24, 2.45) is 0 Å². The summed E-state index contributed by atoms with van der Waals surface area (Å²) in [6, 6.07) is 12.4. The van der Waals surface area contributed by atoms with Crippen molar-refractivity contribution in [1.82, 2.24) is 35.3 Å². The number of methoxy groups -OCH3 is 1. The van der Waals surface area contributed by atoms with Gasteiger partial charge in [0, 0.05) is 35.0 Å². The lowest BCUT2D eigenvalue weighted by atomic mass is 10.1. The van der Waals surface area contributed by atoms with E-state index in [2.05, 4.69) is 35.3 Å².